The van der Waals surface area contributed by atoms with Gasteiger partial charge in [-0.15, -0.1) is 6.58 Å². The van der Waals surface area contributed by atoms with Crippen molar-refractivity contribution in [2.75, 3.05) is 13.2 Å². The molecule has 6 atom stereocenters. The van der Waals surface area contributed by atoms with Crippen molar-refractivity contribution in [2.45, 2.75) is 109 Å². The molecule has 2 aliphatic carbocycles. The van der Waals surface area contributed by atoms with Crippen molar-refractivity contribution in [1.29, 1.82) is 0 Å². The number of esters is 1. The lowest BCUT2D eigenvalue weighted by Crippen LogP contribution is -2.48. The summed E-state index contributed by atoms with van der Waals surface area (Å²) in [6.07, 6.45) is 2.64. The molecule has 2 aromatic rings. The summed E-state index contributed by atoms with van der Waals surface area (Å²) in [7, 11) is -3.85. The lowest BCUT2D eigenvalue weighted by Gasteiger charge is -2.31. The number of likely N-dealkylation sites (tertiary alicyclic amines) is 1. The standard InChI is InChI=1S/C37H49N3O9S/c1-8-25-19-37(25,35(44)39-50(45,46)27-11-12-27)20-31(41)30-17-26(48-33-28-13-10-22(3)16-24(28)14-15-38-33)21-40(30)34(43)29(23(4)47-9-2)18-32(42)49-36(5,6)7/h8,10,13-16,23,25-27,29-30H,1,9,11-12,17-21H2,2-7H3,(H,39,44)/t23-,25+,26+,29?,30-,37+/m0/s1. The molecule has 2 amide bonds. The molecule has 2 saturated carbocycles. The van der Waals surface area contributed by atoms with Crippen LogP contribution in [0.15, 0.2) is 43.1 Å². The van der Waals surface area contributed by atoms with Crippen LogP contribution in [-0.2, 0) is 38.7 Å². The summed E-state index contributed by atoms with van der Waals surface area (Å²) in [4.78, 5) is 61.2. The van der Waals surface area contributed by atoms with Crippen LogP contribution in [0.3, 0.4) is 0 Å². The molecular formula is C37H49N3O9S. The first kappa shape index (κ1) is 37.4. The van der Waals surface area contributed by atoms with Crippen molar-refractivity contribution in [2.24, 2.45) is 17.3 Å². The normalized spacial score (nSPS) is 24.7. The summed E-state index contributed by atoms with van der Waals surface area (Å²) in [6, 6.07) is 6.73. The molecule has 13 heteroatoms. The van der Waals surface area contributed by atoms with Crippen LogP contribution >= 0.6 is 0 Å². The second-order valence-electron chi connectivity index (χ2n) is 14.9. The first-order valence-corrected chi connectivity index (χ1v) is 18.9. The fourth-order valence-corrected chi connectivity index (χ4v) is 8.26. The van der Waals surface area contributed by atoms with Crippen LogP contribution in [0.4, 0.5) is 0 Å². The van der Waals surface area contributed by atoms with Gasteiger partial charge in [0, 0.05) is 31.0 Å². The Morgan fingerprint density at radius 1 is 1.18 bits per heavy atom. The van der Waals surface area contributed by atoms with Crippen molar-refractivity contribution < 1.29 is 41.8 Å². The molecule has 1 aromatic heterocycles. The predicted octanol–water partition coefficient (Wildman–Crippen LogP) is 4.42. The summed E-state index contributed by atoms with van der Waals surface area (Å²) in [5.74, 6) is -3.21. The Kier molecular flexibility index (Phi) is 10.8. The number of aryl methyl sites for hydroxylation is 1. The number of ketones is 1. The van der Waals surface area contributed by atoms with Gasteiger partial charge < -0.3 is 19.1 Å². The van der Waals surface area contributed by atoms with Crippen LogP contribution in [0.1, 0.15) is 78.7 Å². The largest absolute Gasteiger partial charge is 0.472 e. The van der Waals surface area contributed by atoms with E-state index in [0.717, 1.165) is 16.3 Å². The van der Waals surface area contributed by atoms with Gasteiger partial charge in [0.1, 0.15) is 11.7 Å². The van der Waals surface area contributed by atoms with Crippen molar-refractivity contribution in [3.8, 4) is 5.88 Å². The number of rotatable bonds is 15. The third-order valence-electron chi connectivity index (χ3n) is 9.76. The van der Waals surface area contributed by atoms with E-state index in [1.807, 2.05) is 31.2 Å². The molecule has 5 rings (SSSR count). The molecule has 1 aromatic carbocycles. The maximum absolute atomic E-state index is 14.5. The summed E-state index contributed by atoms with van der Waals surface area (Å²) in [6.45, 7) is 14.8. The first-order chi connectivity index (χ1) is 23.5. The predicted molar refractivity (Wildman–Crippen MR) is 186 cm³/mol. The number of hydrogen-bond acceptors (Lipinski definition) is 10. The maximum Gasteiger partial charge on any atom is 0.307 e. The molecular weight excluding hydrogens is 662 g/mol. The second kappa shape index (κ2) is 14.4. The molecule has 0 spiro atoms. The number of carbonyl (C=O) groups is 4. The van der Waals surface area contributed by atoms with Crippen molar-refractivity contribution in [3.05, 3.63) is 48.7 Å². The van der Waals surface area contributed by atoms with Gasteiger partial charge in [-0.05, 0) is 84.2 Å². The van der Waals surface area contributed by atoms with E-state index in [1.54, 1.807) is 46.9 Å². The highest BCUT2D eigenvalue weighted by molar-refractivity contribution is 7.90. The number of hydrogen-bond donors (Lipinski definition) is 1. The quantitative estimate of drug-likeness (QED) is 0.207. The zero-order valence-electron chi connectivity index (χ0n) is 29.8. The minimum atomic E-state index is -3.85. The molecule has 1 unspecified atom stereocenters. The fourth-order valence-electron chi connectivity index (χ4n) is 6.87. The van der Waals surface area contributed by atoms with Crippen LogP contribution in [0.25, 0.3) is 10.8 Å². The number of Topliss-reactive ketones (excluding diaryl/α,β-unsaturated/α-hetero) is 1. The maximum atomic E-state index is 14.5. The van der Waals surface area contributed by atoms with E-state index in [-0.39, 0.29) is 32.2 Å². The summed E-state index contributed by atoms with van der Waals surface area (Å²) in [5, 5.41) is 1.09. The van der Waals surface area contributed by atoms with Crippen LogP contribution in [-0.4, -0.2) is 84.1 Å². The molecule has 3 aliphatic rings. The number of aromatic nitrogens is 1. The Hall–Kier alpha value is -3.84. The minimum absolute atomic E-state index is 0.0168. The molecule has 272 valence electrons. The van der Waals surface area contributed by atoms with Gasteiger partial charge in [0.15, 0.2) is 5.78 Å². The van der Waals surface area contributed by atoms with Gasteiger partial charge in [-0.25, -0.2) is 13.4 Å². The van der Waals surface area contributed by atoms with E-state index >= 15 is 0 Å². The molecule has 3 fully saturated rings. The van der Waals surface area contributed by atoms with Crippen molar-refractivity contribution >= 4 is 44.4 Å². The van der Waals surface area contributed by atoms with E-state index < -0.39 is 79.9 Å². The number of sulfonamides is 1. The third-order valence-corrected chi connectivity index (χ3v) is 11.6. The van der Waals surface area contributed by atoms with Crippen LogP contribution in [0.5, 0.6) is 5.88 Å². The number of allylic oxidation sites excluding steroid dienone is 1. The van der Waals surface area contributed by atoms with Crippen LogP contribution in [0, 0.1) is 24.2 Å². The van der Waals surface area contributed by atoms with Crippen molar-refractivity contribution in [1.82, 2.24) is 14.6 Å². The first-order valence-electron chi connectivity index (χ1n) is 17.3. The number of nitrogens with one attached hydrogen (secondary N) is 1. The average molecular weight is 712 g/mol. The average Bonchev–Trinajstić information content (AvgIpc) is 3.95. The van der Waals surface area contributed by atoms with Gasteiger partial charge in [-0.3, -0.25) is 23.9 Å². The van der Waals surface area contributed by atoms with E-state index in [9.17, 15) is 27.6 Å². The lowest BCUT2D eigenvalue weighted by atomic mass is 9.90. The molecule has 0 bridgehead atoms. The Morgan fingerprint density at radius 3 is 2.52 bits per heavy atom. The minimum Gasteiger partial charge on any atom is -0.472 e. The van der Waals surface area contributed by atoms with Gasteiger partial charge >= 0.3 is 5.97 Å². The second-order valence-corrected chi connectivity index (χ2v) is 16.9. The highest BCUT2D eigenvalue weighted by atomic mass is 32.2. The van der Waals surface area contributed by atoms with Gasteiger partial charge in [0.2, 0.25) is 27.7 Å². The number of amides is 2. The number of nitrogens with zero attached hydrogens (tertiary/aromatic N) is 2. The molecule has 0 radical (unpaired) electrons. The van der Waals surface area contributed by atoms with Crippen LogP contribution in [0.2, 0.25) is 0 Å². The number of pyridine rings is 1. The third kappa shape index (κ3) is 8.37. The topological polar surface area (TPSA) is 158 Å². The summed E-state index contributed by atoms with van der Waals surface area (Å²) >= 11 is 0. The molecule has 50 heavy (non-hydrogen) atoms. The van der Waals surface area contributed by atoms with Crippen molar-refractivity contribution in [3.63, 3.8) is 0 Å². The molecule has 1 aliphatic heterocycles. The molecule has 12 nitrogen and oxygen atoms in total. The highest BCUT2D eigenvalue weighted by Crippen LogP contribution is 2.57. The summed E-state index contributed by atoms with van der Waals surface area (Å²) in [5.41, 5.74) is -1.00. The fraction of sp³-hybridized carbons (Fsp3) is 0.595. The Labute approximate surface area is 294 Å². The Morgan fingerprint density at radius 2 is 1.90 bits per heavy atom. The Bertz CT molecular complexity index is 1770. The zero-order chi connectivity index (χ0) is 36.6. The zero-order valence-corrected chi connectivity index (χ0v) is 30.6. The number of benzene rings is 1. The van der Waals surface area contributed by atoms with E-state index in [2.05, 4.69) is 16.3 Å². The number of ether oxygens (including phenoxy) is 3. The monoisotopic (exact) mass is 711 g/mol. The van der Waals surface area contributed by atoms with Gasteiger partial charge in [-0.2, -0.15) is 0 Å². The SMILES string of the molecule is C=C[C@@H]1C[C@]1(CC(=O)[C@@H]1C[C@@H](Oc2nccc3cc(C)ccc23)CN1C(=O)C(CC(=O)OC(C)(C)C)[C@H](C)OCC)C(=O)NS(=O)(=O)C1CC1. The molecule has 1 N–H and O–H groups in total. The Balaban J connectivity index is 1.44. The molecule has 2 heterocycles. The smallest absolute Gasteiger partial charge is 0.307 e. The van der Waals surface area contributed by atoms with E-state index in [0.29, 0.717) is 25.3 Å². The number of carbonyl (C=O) groups excluding carboxylic acids is 4. The van der Waals surface area contributed by atoms with Crippen LogP contribution < -0.4 is 9.46 Å². The number of fused-ring (bicyclic) bond motifs is 1. The van der Waals surface area contributed by atoms with Gasteiger partial charge in [0.05, 0.1) is 41.7 Å². The molecule has 1 saturated heterocycles. The lowest BCUT2D eigenvalue weighted by molar-refractivity contribution is -0.161. The van der Waals surface area contributed by atoms with E-state index in [4.69, 9.17) is 14.2 Å². The highest BCUT2D eigenvalue weighted by Gasteiger charge is 2.61. The van der Waals surface area contributed by atoms with Gasteiger partial charge in [-0.1, -0.05) is 23.8 Å². The summed E-state index contributed by atoms with van der Waals surface area (Å²) < 4.78 is 45.3. The van der Waals surface area contributed by atoms with Gasteiger partial charge in [0.25, 0.3) is 0 Å². The van der Waals surface area contributed by atoms with E-state index in [1.165, 1.54) is 4.90 Å².